The van der Waals surface area contributed by atoms with Crippen LogP contribution in [0.4, 0.5) is 0 Å². The van der Waals surface area contributed by atoms with Gasteiger partial charge >= 0.3 is 0 Å². The second-order valence-electron chi connectivity index (χ2n) is 4.96. The first-order chi connectivity index (χ1) is 8.99. The van der Waals surface area contributed by atoms with Crippen LogP contribution in [0, 0.1) is 20.8 Å². The van der Waals surface area contributed by atoms with Crippen molar-refractivity contribution in [2.24, 2.45) is 7.05 Å². The lowest BCUT2D eigenvalue weighted by Crippen LogP contribution is -2.20. The zero-order valence-electron chi connectivity index (χ0n) is 12.2. The molecule has 2 aromatic rings. The molecule has 5 nitrogen and oxygen atoms in total. The van der Waals surface area contributed by atoms with E-state index in [1.165, 1.54) is 11.3 Å². The van der Waals surface area contributed by atoms with Crippen molar-refractivity contribution in [1.82, 2.24) is 25.1 Å². The molecule has 0 amide bonds. The number of rotatable bonds is 4. The highest BCUT2D eigenvalue weighted by atomic mass is 15.3. The van der Waals surface area contributed by atoms with Crippen LogP contribution >= 0.6 is 0 Å². The fraction of sp³-hybridized carbons (Fsp3) is 0.500. The second-order valence-corrected chi connectivity index (χ2v) is 4.96. The number of hydrogen-bond donors (Lipinski definition) is 1. The first-order valence-corrected chi connectivity index (χ1v) is 6.50. The monoisotopic (exact) mass is 259 g/mol. The predicted molar refractivity (Wildman–Crippen MR) is 74.7 cm³/mol. The minimum Gasteiger partial charge on any atom is -0.304 e. The Morgan fingerprint density at radius 3 is 2.47 bits per heavy atom. The summed E-state index contributed by atoms with van der Waals surface area (Å²) in [6.07, 6.45) is 3.61. The Kier molecular flexibility index (Phi) is 3.95. The van der Waals surface area contributed by atoms with Gasteiger partial charge in [0.1, 0.15) is 0 Å². The molecule has 0 aliphatic carbocycles. The first-order valence-electron chi connectivity index (χ1n) is 6.50. The molecule has 0 radical (unpaired) electrons. The number of aromatic nitrogens is 4. The lowest BCUT2D eigenvalue weighted by atomic mass is 10.1. The molecule has 1 N–H and O–H groups in total. The van der Waals surface area contributed by atoms with E-state index in [1.807, 2.05) is 31.8 Å². The molecule has 19 heavy (non-hydrogen) atoms. The Morgan fingerprint density at radius 2 is 1.95 bits per heavy atom. The predicted octanol–water partition coefficient (Wildman–Crippen LogP) is 1.99. The summed E-state index contributed by atoms with van der Waals surface area (Å²) in [5, 5.41) is 7.92. The smallest absolute Gasteiger partial charge is 0.0724 e. The van der Waals surface area contributed by atoms with E-state index in [0.717, 1.165) is 17.1 Å². The van der Waals surface area contributed by atoms with Gasteiger partial charge in [-0.3, -0.25) is 14.6 Å². The maximum Gasteiger partial charge on any atom is 0.0724 e. The maximum atomic E-state index is 4.45. The van der Waals surface area contributed by atoms with Crippen LogP contribution < -0.4 is 5.32 Å². The van der Waals surface area contributed by atoms with Crippen molar-refractivity contribution in [2.75, 3.05) is 0 Å². The summed E-state index contributed by atoms with van der Waals surface area (Å²) in [7, 11) is 1.98. The fourth-order valence-corrected chi connectivity index (χ4v) is 2.29. The van der Waals surface area contributed by atoms with E-state index in [-0.39, 0.29) is 6.04 Å². The van der Waals surface area contributed by atoms with Gasteiger partial charge in [0.25, 0.3) is 0 Å². The zero-order valence-corrected chi connectivity index (χ0v) is 12.2. The van der Waals surface area contributed by atoms with Gasteiger partial charge < -0.3 is 5.32 Å². The van der Waals surface area contributed by atoms with Crippen molar-refractivity contribution < 1.29 is 0 Å². The standard InChI is InChI=1S/C14H21N5/c1-9-6-17-13(7-15-9)8-16-10(2)14-11(3)18-19(5)12(14)4/h6-7,10,16H,8H2,1-5H3. The van der Waals surface area contributed by atoms with Gasteiger partial charge in [-0.15, -0.1) is 0 Å². The highest BCUT2D eigenvalue weighted by Crippen LogP contribution is 2.20. The molecule has 1 atom stereocenters. The molecule has 0 saturated carbocycles. The quantitative estimate of drug-likeness (QED) is 0.912. The van der Waals surface area contributed by atoms with Crippen molar-refractivity contribution in [2.45, 2.75) is 40.3 Å². The van der Waals surface area contributed by atoms with Crippen molar-refractivity contribution in [3.63, 3.8) is 0 Å². The van der Waals surface area contributed by atoms with Crippen LogP contribution in [-0.4, -0.2) is 19.7 Å². The molecule has 0 bridgehead atoms. The van der Waals surface area contributed by atoms with Gasteiger partial charge in [-0.2, -0.15) is 5.10 Å². The van der Waals surface area contributed by atoms with Crippen LogP contribution in [0.15, 0.2) is 12.4 Å². The summed E-state index contributed by atoms with van der Waals surface area (Å²) in [4.78, 5) is 8.60. The normalized spacial score (nSPS) is 12.7. The van der Waals surface area contributed by atoms with Gasteiger partial charge in [0.15, 0.2) is 0 Å². The van der Waals surface area contributed by atoms with E-state index in [2.05, 4.69) is 34.2 Å². The minimum absolute atomic E-state index is 0.247. The van der Waals surface area contributed by atoms with Gasteiger partial charge in [0.05, 0.1) is 17.1 Å². The lowest BCUT2D eigenvalue weighted by molar-refractivity contribution is 0.560. The van der Waals surface area contributed by atoms with Crippen LogP contribution in [0.3, 0.4) is 0 Å². The SMILES string of the molecule is Cc1cnc(CNC(C)c2c(C)nn(C)c2C)cn1. The van der Waals surface area contributed by atoms with E-state index < -0.39 is 0 Å². The molecule has 2 rings (SSSR count). The van der Waals surface area contributed by atoms with E-state index in [0.29, 0.717) is 6.54 Å². The molecule has 0 spiro atoms. The highest BCUT2D eigenvalue weighted by molar-refractivity contribution is 5.27. The Bertz CT molecular complexity index is 556. The Hall–Kier alpha value is -1.75. The van der Waals surface area contributed by atoms with Gasteiger partial charge in [-0.1, -0.05) is 0 Å². The molecule has 0 fully saturated rings. The van der Waals surface area contributed by atoms with Gasteiger partial charge in [-0.05, 0) is 27.7 Å². The van der Waals surface area contributed by atoms with Crippen LogP contribution in [0.25, 0.3) is 0 Å². The summed E-state index contributed by atoms with van der Waals surface area (Å²) >= 11 is 0. The summed E-state index contributed by atoms with van der Waals surface area (Å²) in [5.41, 5.74) is 5.44. The minimum atomic E-state index is 0.247. The fourth-order valence-electron chi connectivity index (χ4n) is 2.29. The van der Waals surface area contributed by atoms with Crippen molar-refractivity contribution in [1.29, 1.82) is 0 Å². The first kappa shape index (κ1) is 13.7. The number of aryl methyl sites for hydroxylation is 3. The average molecular weight is 259 g/mol. The van der Waals surface area contributed by atoms with Crippen LogP contribution in [0.2, 0.25) is 0 Å². The number of nitrogens with zero attached hydrogens (tertiary/aromatic N) is 4. The van der Waals surface area contributed by atoms with Crippen molar-refractivity contribution in [3.8, 4) is 0 Å². The maximum absolute atomic E-state index is 4.45. The third-order valence-corrected chi connectivity index (χ3v) is 3.42. The zero-order chi connectivity index (χ0) is 14.0. The van der Waals surface area contributed by atoms with Crippen molar-refractivity contribution >= 4 is 0 Å². The summed E-state index contributed by atoms with van der Waals surface area (Å²) in [5.74, 6) is 0. The molecule has 0 aliphatic heterocycles. The molecule has 5 heteroatoms. The molecule has 2 heterocycles. The molecule has 0 aliphatic rings. The van der Waals surface area contributed by atoms with E-state index >= 15 is 0 Å². The average Bonchev–Trinajstić information content (AvgIpc) is 2.62. The van der Waals surface area contributed by atoms with Crippen molar-refractivity contribution in [3.05, 3.63) is 40.7 Å². The van der Waals surface area contributed by atoms with Crippen LogP contribution in [-0.2, 0) is 13.6 Å². The van der Waals surface area contributed by atoms with E-state index in [4.69, 9.17) is 0 Å². The summed E-state index contributed by atoms with van der Waals surface area (Å²) in [6.45, 7) is 8.95. The van der Waals surface area contributed by atoms with Crippen LogP contribution in [0.1, 0.15) is 41.3 Å². The molecule has 1 unspecified atom stereocenters. The van der Waals surface area contributed by atoms with E-state index in [9.17, 15) is 0 Å². The van der Waals surface area contributed by atoms with Crippen LogP contribution in [0.5, 0.6) is 0 Å². The van der Waals surface area contributed by atoms with Gasteiger partial charge in [-0.25, -0.2) is 0 Å². The molecular weight excluding hydrogens is 238 g/mol. The topological polar surface area (TPSA) is 55.6 Å². The largest absolute Gasteiger partial charge is 0.304 e. The van der Waals surface area contributed by atoms with E-state index in [1.54, 1.807) is 6.20 Å². The molecule has 0 aromatic carbocycles. The third kappa shape index (κ3) is 2.98. The Balaban J connectivity index is 2.05. The third-order valence-electron chi connectivity index (χ3n) is 3.42. The molecule has 2 aromatic heterocycles. The molecule has 0 saturated heterocycles. The molecular formula is C14H21N5. The number of nitrogens with one attached hydrogen (secondary N) is 1. The number of hydrogen-bond acceptors (Lipinski definition) is 4. The summed E-state index contributed by atoms with van der Waals surface area (Å²) < 4.78 is 1.93. The molecule has 102 valence electrons. The lowest BCUT2D eigenvalue weighted by Gasteiger charge is -2.14. The Morgan fingerprint density at radius 1 is 1.21 bits per heavy atom. The Labute approximate surface area is 114 Å². The highest BCUT2D eigenvalue weighted by Gasteiger charge is 2.15. The van der Waals surface area contributed by atoms with Gasteiger partial charge in [0, 0.05) is 43.3 Å². The second kappa shape index (κ2) is 5.48. The summed E-state index contributed by atoms with van der Waals surface area (Å²) in [6, 6.07) is 0.247. The van der Waals surface area contributed by atoms with Gasteiger partial charge in [0.2, 0.25) is 0 Å².